The smallest absolute Gasteiger partial charge is 0.128 e. The second-order valence-corrected chi connectivity index (χ2v) is 2.76. The molecule has 1 fully saturated rings. The highest BCUT2D eigenvalue weighted by Crippen LogP contribution is 2.26. The Kier molecular flexibility index (Phi) is 2.23. The minimum atomic E-state index is -1.26. The van der Waals surface area contributed by atoms with E-state index in [0.29, 0.717) is 0 Å². The first-order valence-electron chi connectivity index (χ1n) is 3.35. The summed E-state index contributed by atoms with van der Waals surface area (Å²) >= 11 is 0. The molecule has 0 heterocycles. The lowest BCUT2D eigenvalue weighted by Gasteiger charge is -2.13. The zero-order valence-electron chi connectivity index (χ0n) is 5.57. The van der Waals surface area contributed by atoms with Crippen LogP contribution in [0.2, 0.25) is 0 Å². The molecule has 0 spiro atoms. The lowest BCUT2D eigenvalue weighted by Crippen LogP contribution is -2.38. The minimum absolute atomic E-state index is 0.140. The van der Waals surface area contributed by atoms with Crippen LogP contribution in [0.1, 0.15) is 6.42 Å². The molecule has 4 heteroatoms. The third-order valence-corrected chi connectivity index (χ3v) is 2.07. The van der Waals surface area contributed by atoms with Gasteiger partial charge in [-0.15, -0.1) is 0 Å². The lowest BCUT2D eigenvalue weighted by molar-refractivity contribution is 0.0879. The predicted octanol–water partition coefficient (Wildman–Crippen LogP) is -0.975. The van der Waals surface area contributed by atoms with Crippen molar-refractivity contribution >= 4 is 0 Å². The maximum absolute atomic E-state index is 12.6. The second-order valence-electron chi connectivity index (χ2n) is 2.76. The van der Waals surface area contributed by atoms with Gasteiger partial charge in [0.05, 0.1) is 0 Å². The molecular formula is C6H12FNO2. The van der Waals surface area contributed by atoms with Gasteiger partial charge in [-0.3, -0.25) is 0 Å². The molecule has 4 unspecified atom stereocenters. The average molecular weight is 149 g/mol. The van der Waals surface area contributed by atoms with Crippen molar-refractivity contribution in [2.75, 3.05) is 6.61 Å². The van der Waals surface area contributed by atoms with Crippen molar-refractivity contribution in [3.63, 3.8) is 0 Å². The number of nitrogens with two attached hydrogens (primary N) is 1. The van der Waals surface area contributed by atoms with Gasteiger partial charge in [-0.2, -0.15) is 0 Å². The molecule has 3 nitrogen and oxygen atoms in total. The van der Waals surface area contributed by atoms with Gasteiger partial charge in [0.15, 0.2) is 0 Å². The summed E-state index contributed by atoms with van der Waals surface area (Å²) in [6, 6.07) is -0.597. The predicted molar refractivity (Wildman–Crippen MR) is 34.1 cm³/mol. The maximum Gasteiger partial charge on any atom is 0.128 e. The Morgan fingerprint density at radius 3 is 2.40 bits per heavy atom. The molecule has 10 heavy (non-hydrogen) atoms. The summed E-state index contributed by atoms with van der Waals surface area (Å²) in [5.74, 6) is -0.273. The van der Waals surface area contributed by atoms with E-state index in [9.17, 15) is 4.39 Å². The molecule has 1 rings (SSSR count). The molecule has 1 aliphatic rings. The van der Waals surface area contributed by atoms with Gasteiger partial charge in [0.25, 0.3) is 0 Å². The molecule has 0 aromatic heterocycles. The van der Waals surface area contributed by atoms with E-state index in [2.05, 4.69) is 0 Å². The molecular weight excluding hydrogens is 137 g/mol. The molecule has 0 bridgehead atoms. The van der Waals surface area contributed by atoms with Crippen LogP contribution in [0.5, 0.6) is 0 Å². The fourth-order valence-electron chi connectivity index (χ4n) is 1.30. The van der Waals surface area contributed by atoms with Crippen LogP contribution in [0, 0.1) is 5.92 Å². The highest BCUT2D eigenvalue weighted by atomic mass is 19.1. The molecule has 4 atom stereocenters. The second kappa shape index (κ2) is 2.82. The molecule has 0 saturated heterocycles. The van der Waals surface area contributed by atoms with Gasteiger partial charge in [0.2, 0.25) is 0 Å². The molecule has 0 aromatic rings. The SMILES string of the molecule is NC1C(CO)CC(F)C1O. The summed E-state index contributed by atoms with van der Waals surface area (Å²) in [5, 5.41) is 17.6. The number of hydrogen-bond donors (Lipinski definition) is 3. The molecule has 1 saturated carbocycles. The van der Waals surface area contributed by atoms with Crippen molar-refractivity contribution in [1.29, 1.82) is 0 Å². The Hall–Kier alpha value is -0.190. The number of halogens is 1. The summed E-state index contributed by atoms with van der Waals surface area (Å²) in [6.45, 7) is -0.140. The standard InChI is InChI=1S/C6H12FNO2/c7-4-1-3(2-9)5(8)6(4)10/h3-6,9-10H,1-2,8H2. The van der Waals surface area contributed by atoms with Crippen molar-refractivity contribution in [1.82, 2.24) is 0 Å². The molecule has 0 aliphatic heterocycles. The number of hydrogen-bond acceptors (Lipinski definition) is 3. The monoisotopic (exact) mass is 149 g/mol. The summed E-state index contributed by atoms with van der Waals surface area (Å²) in [6.07, 6.45) is -2.16. The van der Waals surface area contributed by atoms with Crippen LogP contribution in [0.4, 0.5) is 4.39 Å². The van der Waals surface area contributed by atoms with Gasteiger partial charge in [-0.05, 0) is 6.42 Å². The maximum atomic E-state index is 12.6. The van der Waals surface area contributed by atoms with E-state index in [4.69, 9.17) is 15.9 Å². The molecule has 60 valence electrons. The summed E-state index contributed by atoms with van der Waals surface area (Å²) < 4.78 is 12.6. The third-order valence-electron chi connectivity index (χ3n) is 2.07. The molecule has 0 radical (unpaired) electrons. The normalized spacial score (nSPS) is 48.0. The van der Waals surface area contributed by atoms with Gasteiger partial charge >= 0.3 is 0 Å². The van der Waals surface area contributed by atoms with E-state index in [0.717, 1.165) is 0 Å². The van der Waals surface area contributed by atoms with E-state index in [1.807, 2.05) is 0 Å². The summed E-state index contributed by atoms with van der Waals surface area (Å²) in [5.41, 5.74) is 5.37. The van der Waals surface area contributed by atoms with Crippen LogP contribution < -0.4 is 5.73 Å². The molecule has 4 N–H and O–H groups in total. The zero-order chi connectivity index (χ0) is 7.72. The van der Waals surface area contributed by atoms with Crippen LogP contribution in [-0.2, 0) is 0 Å². The fraction of sp³-hybridized carbons (Fsp3) is 1.00. The Morgan fingerprint density at radius 1 is 1.60 bits per heavy atom. The van der Waals surface area contributed by atoms with Crippen molar-refractivity contribution in [2.24, 2.45) is 11.7 Å². The highest BCUT2D eigenvalue weighted by molar-refractivity contribution is 4.93. The van der Waals surface area contributed by atoms with Gasteiger partial charge in [0.1, 0.15) is 12.3 Å². The molecule has 1 aliphatic carbocycles. The number of aliphatic hydroxyl groups excluding tert-OH is 2. The minimum Gasteiger partial charge on any atom is -0.396 e. The van der Waals surface area contributed by atoms with Crippen molar-refractivity contribution in [2.45, 2.75) is 24.7 Å². The summed E-state index contributed by atoms with van der Waals surface area (Å²) in [7, 11) is 0. The van der Waals surface area contributed by atoms with Gasteiger partial charge < -0.3 is 15.9 Å². The van der Waals surface area contributed by atoms with Crippen LogP contribution in [0.15, 0.2) is 0 Å². The topological polar surface area (TPSA) is 66.5 Å². The quantitative estimate of drug-likeness (QED) is 0.449. The Labute approximate surface area is 58.7 Å². The van der Waals surface area contributed by atoms with E-state index in [1.165, 1.54) is 0 Å². The fourth-order valence-corrected chi connectivity index (χ4v) is 1.30. The number of alkyl halides is 1. The van der Waals surface area contributed by atoms with E-state index >= 15 is 0 Å². The largest absolute Gasteiger partial charge is 0.396 e. The van der Waals surface area contributed by atoms with Gasteiger partial charge in [-0.1, -0.05) is 0 Å². The number of rotatable bonds is 1. The van der Waals surface area contributed by atoms with Crippen LogP contribution in [-0.4, -0.2) is 35.1 Å². The Morgan fingerprint density at radius 2 is 2.20 bits per heavy atom. The average Bonchev–Trinajstić information content (AvgIpc) is 2.17. The molecule has 0 aromatic carbocycles. The summed E-state index contributed by atoms with van der Waals surface area (Å²) in [4.78, 5) is 0. The Bertz CT molecular complexity index is 122. The first-order valence-corrected chi connectivity index (χ1v) is 3.35. The first kappa shape index (κ1) is 7.91. The van der Waals surface area contributed by atoms with Gasteiger partial charge in [0, 0.05) is 18.6 Å². The van der Waals surface area contributed by atoms with E-state index in [-0.39, 0.29) is 18.9 Å². The third kappa shape index (κ3) is 1.14. The van der Waals surface area contributed by atoms with Crippen molar-refractivity contribution in [3.05, 3.63) is 0 Å². The zero-order valence-corrected chi connectivity index (χ0v) is 5.57. The highest BCUT2D eigenvalue weighted by Gasteiger charge is 2.39. The van der Waals surface area contributed by atoms with Crippen LogP contribution in [0.25, 0.3) is 0 Å². The lowest BCUT2D eigenvalue weighted by atomic mass is 10.1. The Balaban J connectivity index is 2.53. The first-order chi connectivity index (χ1) is 4.66. The van der Waals surface area contributed by atoms with Crippen molar-refractivity contribution < 1.29 is 14.6 Å². The van der Waals surface area contributed by atoms with Gasteiger partial charge in [-0.25, -0.2) is 4.39 Å². The van der Waals surface area contributed by atoms with Crippen molar-refractivity contribution in [3.8, 4) is 0 Å². The van der Waals surface area contributed by atoms with E-state index in [1.54, 1.807) is 0 Å². The van der Waals surface area contributed by atoms with Crippen LogP contribution >= 0.6 is 0 Å². The molecule has 0 amide bonds. The van der Waals surface area contributed by atoms with E-state index < -0.39 is 18.3 Å². The number of aliphatic hydroxyl groups is 2. The van der Waals surface area contributed by atoms with Crippen LogP contribution in [0.3, 0.4) is 0 Å².